The van der Waals surface area contributed by atoms with Crippen LogP contribution in [-0.2, 0) is 0 Å². The summed E-state index contributed by atoms with van der Waals surface area (Å²) < 4.78 is 0. The zero-order chi connectivity index (χ0) is 5.21. The van der Waals surface area contributed by atoms with Crippen LogP contribution in [0.2, 0.25) is 19.1 Å². The molecule has 0 bridgehead atoms. The maximum Gasteiger partial charge on any atom is 1.00 e. The third kappa shape index (κ3) is 10.9. The van der Waals surface area contributed by atoms with Crippen LogP contribution in [0.5, 0.6) is 0 Å². The molecule has 0 rings (SSSR count). The summed E-state index contributed by atoms with van der Waals surface area (Å²) in [6.45, 7) is 10.8. The van der Waals surface area contributed by atoms with Crippen LogP contribution in [0.1, 0.15) is 6.92 Å². The van der Waals surface area contributed by atoms with Crippen LogP contribution in [0.3, 0.4) is 0 Å². The summed E-state index contributed by atoms with van der Waals surface area (Å²) >= 11 is 0. The average Bonchev–Trinajstić information content (AvgIpc) is 1.35. The molecule has 0 aromatic carbocycles. The van der Waals surface area contributed by atoms with Crippen LogP contribution in [0, 0.1) is 6.55 Å². The monoisotopic (exact) mass is 108 g/mol. The molecule has 0 aliphatic heterocycles. The van der Waals surface area contributed by atoms with Crippen molar-refractivity contribution in [3.63, 3.8) is 0 Å². The van der Waals surface area contributed by atoms with E-state index in [-0.39, 0.29) is 18.9 Å². The van der Waals surface area contributed by atoms with E-state index in [1.807, 2.05) is 0 Å². The van der Waals surface area contributed by atoms with Gasteiger partial charge in [0.1, 0.15) is 0 Å². The maximum absolute atomic E-state index is 4.03. The van der Waals surface area contributed by atoms with Crippen molar-refractivity contribution in [2.24, 2.45) is 0 Å². The van der Waals surface area contributed by atoms with Crippen molar-refractivity contribution in [2.45, 2.75) is 26.1 Å². The van der Waals surface area contributed by atoms with Gasteiger partial charge in [0.15, 0.2) is 0 Å². The van der Waals surface area contributed by atoms with Crippen molar-refractivity contribution in [1.29, 1.82) is 0 Å². The first-order valence-electron chi connectivity index (χ1n) is 2.41. The van der Waals surface area contributed by atoms with Gasteiger partial charge in [0.25, 0.3) is 0 Å². The summed E-state index contributed by atoms with van der Waals surface area (Å²) in [7, 11) is -0.881. The third-order valence-corrected chi connectivity index (χ3v) is 2.87. The van der Waals surface area contributed by atoms with Gasteiger partial charge in [0.05, 0.1) is 0 Å². The van der Waals surface area contributed by atoms with Crippen LogP contribution in [0.15, 0.2) is 0 Å². The molecule has 38 valence electrons. The molecular formula is C5H13LiSi. The van der Waals surface area contributed by atoms with E-state index in [9.17, 15) is 0 Å². The fourth-order valence-corrected chi connectivity index (χ4v) is 0. The molecule has 2 heteroatoms. The van der Waals surface area contributed by atoms with E-state index < -0.39 is 8.07 Å². The summed E-state index contributed by atoms with van der Waals surface area (Å²) in [5.74, 6) is 0. The molecule has 0 aromatic rings. The summed E-state index contributed by atoms with van der Waals surface area (Å²) in [4.78, 5) is 0. The van der Waals surface area contributed by atoms with E-state index in [2.05, 4.69) is 26.6 Å². The predicted molar refractivity (Wildman–Crippen MR) is 33.3 cm³/mol. The summed E-state index contributed by atoms with van der Waals surface area (Å²) in [5, 5.41) is 0. The summed E-state index contributed by atoms with van der Waals surface area (Å²) in [6, 6.07) is 1.30. The van der Waals surface area contributed by atoms with Crippen molar-refractivity contribution in [3.8, 4) is 0 Å². The number of rotatable bonds is 1. The van der Waals surface area contributed by atoms with Crippen LogP contribution in [0.4, 0.5) is 0 Å². The van der Waals surface area contributed by atoms with Crippen LogP contribution in [-0.4, -0.2) is 8.07 Å². The predicted octanol–water partition coefficient (Wildman–Crippen LogP) is -0.908. The molecule has 0 unspecified atom stereocenters. The zero-order valence-corrected chi connectivity index (χ0v) is 6.91. The SMILES string of the molecule is [CH2-][Si](C)(C)CC.[Li+]. The minimum atomic E-state index is -0.881. The second kappa shape index (κ2) is 3.77. The van der Waals surface area contributed by atoms with E-state index in [0.717, 1.165) is 0 Å². The van der Waals surface area contributed by atoms with Crippen LogP contribution >= 0.6 is 0 Å². The Labute approximate surface area is 59.9 Å². The Kier molecular flexibility index (Phi) is 5.78. The van der Waals surface area contributed by atoms with Crippen molar-refractivity contribution in [1.82, 2.24) is 0 Å². The minimum Gasteiger partial charge on any atom is -0.342 e. The molecule has 0 N–H and O–H groups in total. The van der Waals surface area contributed by atoms with E-state index in [1.54, 1.807) is 0 Å². The second-order valence-electron chi connectivity index (χ2n) is 2.52. The van der Waals surface area contributed by atoms with Crippen molar-refractivity contribution < 1.29 is 18.9 Å². The molecule has 0 spiro atoms. The first kappa shape index (κ1) is 10.7. The molecule has 0 atom stereocenters. The largest absolute Gasteiger partial charge is 1.00 e. The first-order chi connectivity index (χ1) is 2.56. The molecular weight excluding hydrogens is 95.1 g/mol. The zero-order valence-electron chi connectivity index (χ0n) is 5.91. The van der Waals surface area contributed by atoms with Gasteiger partial charge in [0.2, 0.25) is 0 Å². The standard InChI is InChI=1S/C5H13Si.Li/c1-5-6(2,3)4;/h2,5H2,1,3-4H3;/q-1;+1. The molecule has 0 saturated carbocycles. The molecule has 0 radical (unpaired) electrons. The van der Waals surface area contributed by atoms with E-state index in [4.69, 9.17) is 0 Å². The summed E-state index contributed by atoms with van der Waals surface area (Å²) in [5.41, 5.74) is 0. The van der Waals surface area contributed by atoms with Gasteiger partial charge in [-0.1, -0.05) is 26.1 Å². The molecule has 7 heavy (non-hydrogen) atoms. The Morgan fingerprint density at radius 2 is 1.57 bits per heavy atom. The normalized spacial score (nSPS) is 10.3. The average molecular weight is 108 g/mol. The molecule has 0 aromatic heterocycles. The van der Waals surface area contributed by atoms with E-state index in [0.29, 0.717) is 0 Å². The van der Waals surface area contributed by atoms with Gasteiger partial charge in [0, 0.05) is 0 Å². The Hall–Kier alpha value is 0.814. The Bertz CT molecular complexity index is 37.8. The van der Waals surface area contributed by atoms with Gasteiger partial charge >= 0.3 is 18.9 Å². The molecule has 0 nitrogen and oxygen atoms in total. The van der Waals surface area contributed by atoms with Gasteiger partial charge in [-0.3, -0.25) is 0 Å². The van der Waals surface area contributed by atoms with E-state index in [1.165, 1.54) is 6.04 Å². The molecule has 0 heterocycles. The topological polar surface area (TPSA) is 0 Å². The quantitative estimate of drug-likeness (QED) is 0.301. The molecule has 0 amide bonds. The minimum absolute atomic E-state index is 0. The first-order valence-corrected chi connectivity index (χ1v) is 5.83. The van der Waals surface area contributed by atoms with E-state index >= 15 is 0 Å². The number of hydrogen-bond acceptors (Lipinski definition) is 0. The van der Waals surface area contributed by atoms with Crippen molar-refractivity contribution >= 4 is 8.07 Å². The van der Waals surface area contributed by atoms with Crippen molar-refractivity contribution in [3.05, 3.63) is 6.55 Å². The number of hydrogen-bond donors (Lipinski definition) is 0. The molecule has 0 fully saturated rings. The van der Waals surface area contributed by atoms with Crippen LogP contribution in [0.25, 0.3) is 0 Å². The Morgan fingerprint density at radius 1 is 1.43 bits per heavy atom. The van der Waals surface area contributed by atoms with Gasteiger partial charge in [-0.2, -0.15) is 0 Å². The second-order valence-corrected chi connectivity index (χ2v) is 7.55. The van der Waals surface area contributed by atoms with Gasteiger partial charge < -0.3 is 6.55 Å². The Balaban J connectivity index is 0. The van der Waals surface area contributed by atoms with Crippen LogP contribution < -0.4 is 18.9 Å². The summed E-state index contributed by atoms with van der Waals surface area (Å²) in [6.07, 6.45) is 0. The third-order valence-electron chi connectivity index (χ3n) is 0.957. The fraction of sp³-hybridized carbons (Fsp3) is 0.800. The van der Waals surface area contributed by atoms with Crippen molar-refractivity contribution in [2.75, 3.05) is 0 Å². The maximum atomic E-state index is 4.03. The van der Waals surface area contributed by atoms with Gasteiger partial charge in [-0.05, 0) is 0 Å². The molecule has 0 aliphatic carbocycles. The Morgan fingerprint density at radius 3 is 1.57 bits per heavy atom. The molecule has 0 saturated heterocycles. The van der Waals surface area contributed by atoms with Gasteiger partial charge in [-0.25, -0.2) is 0 Å². The molecule has 0 aliphatic rings. The fourth-order valence-electron chi connectivity index (χ4n) is 0. The smallest absolute Gasteiger partial charge is 0.342 e. The van der Waals surface area contributed by atoms with Gasteiger partial charge in [-0.15, -0.1) is 8.07 Å².